The van der Waals surface area contributed by atoms with Crippen LogP contribution >= 0.6 is 0 Å². The van der Waals surface area contributed by atoms with Gasteiger partial charge in [-0.2, -0.15) is 0 Å². The lowest BCUT2D eigenvalue weighted by Gasteiger charge is -2.27. The summed E-state index contributed by atoms with van der Waals surface area (Å²) in [5.74, 6) is 8.82. The quantitative estimate of drug-likeness (QED) is 0.249. The zero-order valence-electron chi connectivity index (χ0n) is 20.8. The Morgan fingerprint density at radius 1 is 0.818 bits per heavy atom. The van der Waals surface area contributed by atoms with Gasteiger partial charge in [-0.3, -0.25) is 0 Å². The molecule has 0 N–H and O–H groups in total. The van der Waals surface area contributed by atoms with Gasteiger partial charge in [-0.25, -0.2) is 0 Å². The molecule has 33 heavy (non-hydrogen) atoms. The van der Waals surface area contributed by atoms with Gasteiger partial charge >= 0.3 is 0 Å². The standard InChI is InChI=1S/C32H42O/c1-3-5-7-11-27-14-20-30(21-15-27)31-22-16-28(17-23-31)12-8-9-13-29-18-24-32(25-19-29)33-26-10-6-4-2/h8,12,14-15,18-21,24-25,28,31H,3-7,10-11,16-17,22-23,26H2,1-2H3/b12-8+/t28-,31-. The number of allylic oxidation sites excluding steroid dienone is 2. The average Bonchev–Trinajstić information content (AvgIpc) is 2.86. The molecule has 1 nitrogen and oxygen atoms in total. The van der Waals surface area contributed by atoms with Gasteiger partial charge in [-0.1, -0.05) is 81.7 Å². The molecule has 0 unspecified atom stereocenters. The molecule has 0 radical (unpaired) electrons. The normalized spacial score (nSPS) is 18.1. The molecule has 0 amide bonds. The third kappa shape index (κ3) is 9.13. The first-order valence-electron chi connectivity index (χ1n) is 13.3. The van der Waals surface area contributed by atoms with Crippen molar-refractivity contribution in [3.05, 3.63) is 77.4 Å². The summed E-state index contributed by atoms with van der Waals surface area (Å²) in [5, 5.41) is 0. The van der Waals surface area contributed by atoms with Crippen molar-refractivity contribution in [1.29, 1.82) is 0 Å². The predicted octanol–water partition coefficient (Wildman–Crippen LogP) is 8.87. The Labute approximate surface area is 202 Å². The number of ether oxygens (including phenoxy) is 1. The van der Waals surface area contributed by atoms with E-state index in [-0.39, 0.29) is 0 Å². The number of rotatable bonds is 11. The van der Waals surface area contributed by atoms with E-state index in [1.807, 2.05) is 12.1 Å². The van der Waals surface area contributed by atoms with Crippen LogP contribution in [0.2, 0.25) is 0 Å². The summed E-state index contributed by atoms with van der Waals surface area (Å²) < 4.78 is 5.77. The molecule has 0 aliphatic heterocycles. The SMILES string of the molecule is CCCCCOc1ccc(C#C/C=C/[C@H]2CC[C@H](c3ccc(CCCCC)cc3)CC2)cc1. The predicted molar refractivity (Wildman–Crippen MR) is 142 cm³/mol. The lowest BCUT2D eigenvalue weighted by atomic mass is 9.78. The number of hydrogen-bond acceptors (Lipinski definition) is 1. The monoisotopic (exact) mass is 442 g/mol. The molecule has 1 aliphatic rings. The summed E-state index contributed by atoms with van der Waals surface area (Å²) >= 11 is 0. The summed E-state index contributed by atoms with van der Waals surface area (Å²) in [6.07, 6.45) is 18.2. The van der Waals surface area contributed by atoms with Crippen LogP contribution < -0.4 is 4.74 Å². The van der Waals surface area contributed by atoms with Crippen molar-refractivity contribution in [2.75, 3.05) is 6.61 Å². The van der Waals surface area contributed by atoms with E-state index in [1.165, 1.54) is 75.3 Å². The van der Waals surface area contributed by atoms with Crippen molar-refractivity contribution in [1.82, 2.24) is 0 Å². The highest BCUT2D eigenvalue weighted by atomic mass is 16.5. The third-order valence-corrected chi connectivity index (χ3v) is 6.83. The van der Waals surface area contributed by atoms with Gasteiger partial charge < -0.3 is 4.74 Å². The summed E-state index contributed by atoms with van der Waals surface area (Å²) in [6, 6.07) is 17.6. The summed E-state index contributed by atoms with van der Waals surface area (Å²) in [6.45, 7) is 5.28. The van der Waals surface area contributed by atoms with Crippen LogP contribution in [0.4, 0.5) is 0 Å². The smallest absolute Gasteiger partial charge is 0.119 e. The van der Waals surface area contributed by atoms with Gasteiger partial charge in [0.25, 0.3) is 0 Å². The maximum Gasteiger partial charge on any atom is 0.119 e. The van der Waals surface area contributed by atoms with E-state index in [4.69, 9.17) is 4.74 Å². The number of aryl methyl sites for hydroxylation is 1. The Kier molecular flexibility index (Phi) is 11.2. The highest BCUT2D eigenvalue weighted by Crippen LogP contribution is 2.36. The molecule has 1 saturated carbocycles. The van der Waals surface area contributed by atoms with Gasteiger partial charge in [0.2, 0.25) is 0 Å². The fourth-order valence-electron chi connectivity index (χ4n) is 4.67. The second-order valence-corrected chi connectivity index (χ2v) is 9.52. The van der Waals surface area contributed by atoms with E-state index in [1.54, 1.807) is 0 Å². The van der Waals surface area contributed by atoms with Crippen LogP contribution in [0.1, 0.15) is 101 Å². The molecule has 176 valence electrons. The van der Waals surface area contributed by atoms with Crippen LogP contribution in [-0.2, 0) is 6.42 Å². The molecule has 0 aromatic heterocycles. The first-order valence-corrected chi connectivity index (χ1v) is 13.3. The highest BCUT2D eigenvalue weighted by molar-refractivity contribution is 5.40. The van der Waals surface area contributed by atoms with Gasteiger partial charge in [-0.05, 0) is 98.2 Å². The Bertz CT molecular complexity index is 871. The van der Waals surface area contributed by atoms with Crippen LogP contribution in [-0.4, -0.2) is 6.61 Å². The van der Waals surface area contributed by atoms with E-state index in [0.29, 0.717) is 5.92 Å². The average molecular weight is 443 g/mol. The van der Waals surface area contributed by atoms with Gasteiger partial charge in [0.15, 0.2) is 0 Å². The molecule has 1 heteroatoms. The summed E-state index contributed by atoms with van der Waals surface area (Å²) in [5.41, 5.74) is 4.08. The Morgan fingerprint density at radius 3 is 2.21 bits per heavy atom. The molecule has 0 heterocycles. The van der Waals surface area contributed by atoms with E-state index >= 15 is 0 Å². The van der Waals surface area contributed by atoms with Gasteiger partial charge in [-0.15, -0.1) is 0 Å². The second-order valence-electron chi connectivity index (χ2n) is 9.52. The Balaban J connectivity index is 1.39. The lowest BCUT2D eigenvalue weighted by Crippen LogP contribution is -2.11. The van der Waals surface area contributed by atoms with Crippen molar-refractivity contribution < 1.29 is 4.74 Å². The molecule has 0 atom stereocenters. The maximum atomic E-state index is 5.77. The summed E-state index contributed by atoms with van der Waals surface area (Å²) in [4.78, 5) is 0. The van der Waals surface area contributed by atoms with E-state index in [9.17, 15) is 0 Å². The number of unbranched alkanes of at least 4 members (excludes halogenated alkanes) is 4. The van der Waals surface area contributed by atoms with Gasteiger partial charge in [0.1, 0.15) is 5.75 Å². The topological polar surface area (TPSA) is 9.23 Å². The van der Waals surface area contributed by atoms with Gasteiger partial charge in [0, 0.05) is 5.56 Å². The second kappa shape index (κ2) is 14.6. The highest BCUT2D eigenvalue weighted by Gasteiger charge is 2.20. The fourth-order valence-corrected chi connectivity index (χ4v) is 4.67. The molecule has 0 saturated heterocycles. The molecular weight excluding hydrogens is 400 g/mol. The fraction of sp³-hybridized carbons (Fsp3) is 0.500. The van der Waals surface area contributed by atoms with Gasteiger partial charge in [0.05, 0.1) is 6.61 Å². The molecule has 0 bridgehead atoms. The lowest BCUT2D eigenvalue weighted by molar-refractivity contribution is 0.306. The van der Waals surface area contributed by atoms with E-state index in [2.05, 4.69) is 74.2 Å². The van der Waals surface area contributed by atoms with E-state index < -0.39 is 0 Å². The molecule has 3 rings (SSSR count). The molecule has 1 aliphatic carbocycles. The van der Waals surface area contributed by atoms with Crippen molar-refractivity contribution >= 4 is 0 Å². The minimum atomic E-state index is 0.669. The maximum absolute atomic E-state index is 5.77. The Hall–Kier alpha value is -2.46. The summed E-state index contributed by atoms with van der Waals surface area (Å²) in [7, 11) is 0. The molecule has 0 spiro atoms. The minimum absolute atomic E-state index is 0.669. The van der Waals surface area contributed by atoms with E-state index in [0.717, 1.165) is 30.3 Å². The largest absolute Gasteiger partial charge is 0.494 e. The van der Waals surface area contributed by atoms with Crippen LogP contribution in [0.15, 0.2) is 60.7 Å². The van der Waals surface area contributed by atoms with Crippen molar-refractivity contribution in [3.63, 3.8) is 0 Å². The van der Waals surface area contributed by atoms with Crippen molar-refractivity contribution in [3.8, 4) is 17.6 Å². The first-order chi connectivity index (χ1) is 16.3. The first kappa shape index (κ1) is 25.2. The zero-order valence-corrected chi connectivity index (χ0v) is 20.8. The van der Waals surface area contributed by atoms with Crippen LogP contribution in [0.25, 0.3) is 0 Å². The third-order valence-electron chi connectivity index (χ3n) is 6.83. The Morgan fingerprint density at radius 2 is 1.52 bits per heavy atom. The van der Waals surface area contributed by atoms with Crippen molar-refractivity contribution in [2.24, 2.45) is 5.92 Å². The van der Waals surface area contributed by atoms with Crippen molar-refractivity contribution in [2.45, 2.75) is 90.4 Å². The molecule has 2 aromatic rings. The molecular formula is C32H42O. The number of benzene rings is 2. The van der Waals surface area contributed by atoms with Crippen LogP contribution in [0, 0.1) is 17.8 Å². The van der Waals surface area contributed by atoms with Crippen LogP contribution in [0.5, 0.6) is 5.75 Å². The van der Waals surface area contributed by atoms with Crippen LogP contribution in [0.3, 0.4) is 0 Å². The minimum Gasteiger partial charge on any atom is -0.494 e. The number of hydrogen-bond donors (Lipinski definition) is 0. The zero-order chi connectivity index (χ0) is 23.1. The molecule has 1 fully saturated rings. The molecule has 2 aromatic carbocycles.